The van der Waals surface area contributed by atoms with Crippen LogP contribution in [0.5, 0.6) is 17.2 Å². The molecule has 220 valence electrons. The van der Waals surface area contributed by atoms with E-state index >= 15 is 0 Å². The minimum atomic E-state index is -0.635. The van der Waals surface area contributed by atoms with Crippen molar-refractivity contribution in [3.63, 3.8) is 0 Å². The first-order valence-corrected chi connectivity index (χ1v) is 14.0. The van der Waals surface area contributed by atoms with Crippen LogP contribution in [0.4, 0.5) is 5.69 Å². The highest BCUT2D eigenvalue weighted by Gasteiger charge is 2.22. The number of anilines is 1. The number of carbonyl (C=O) groups excluding carboxylic acids is 1. The van der Waals surface area contributed by atoms with Crippen LogP contribution in [0.25, 0.3) is 22.1 Å². The number of hydrogen-bond donors (Lipinski definition) is 1. The molecule has 0 aliphatic carbocycles. The summed E-state index contributed by atoms with van der Waals surface area (Å²) in [6.07, 6.45) is 1.93. The van der Waals surface area contributed by atoms with Gasteiger partial charge in [-0.1, -0.05) is 12.1 Å². The summed E-state index contributed by atoms with van der Waals surface area (Å²) in [7, 11) is 4.89. The molecule has 0 bridgehead atoms. The van der Waals surface area contributed by atoms with Gasteiger partial charge in [-0.3, -0.25) is 4.79 Å². The van der Waals surface area contributed by atoms with Gasteiger partial charge in [-0.25, -0.2) is 4.79 Å². The number of piperidine rings is 1. The molecular weight excluding hydrogens is 536 g/mol. The second-order valence-corrected chi connectivity index (χ2v) is 10.3. The van der Waals surface area contributed by atoms with Crippen LogP contribution in [0.3, 0.4) is 0 Å². The smallest absolute Gasteiger partial charge is 0.360 e. The van der Waals surface area contributed by atoms with Gasteiger partial charge in [0.1, 0.15) is 34.6 Å². The Morgan fingerprint density at radius 1 is 0.976 bits per heavy atom. The van der Waals surface area contributed by atoms with Gasteiger partial charge >= 0.3 is 5.63 Å². The van der Waals surface area contributed by atoms with Crippen LogP contribution >= 0.6 is 0 Å². The summed E-state index contributed by atoms with van der Waals surface area (Å²) in [4.78, 5) is 28.6. The molecule has 0 radical (unpaired) electrons. The van der Waals surface area contributed by atoms with E-state index in [0.29, 0.717) is 33.8 Å². The van der Waals surface area contributed by atoms with Gasteiger partial charge in [0.05, 0.1) is 20.8 Å². The Morgan fingerprint density at radius 2 is 1.76 bits per heavy atom. The molecule has 4 aromatic rings. The lowest BCUT2D eigenvalue weighted by Gasteiger charge is -2.32. The van der Waals surface area contributed by atoms with Crippen LogP contribution in [0, 0.1) is 6.92 Å². The lowest BCUT2D eigenvalue weighted by atomic mass is 10.0. The van der Waals surface area contributed by atoms with Crippen molar-refractivity contribution in [2.75, 3.05) is 52.9 Å². The largest absolute Gasteiger partial charge is 0.497 e. The molecule has 0 atom stereocenters. The molecule has 0 spiro atoms. The van der Waals surface area contributed by atoms with E-state index in [1.54, 1.807) is 45.6 Å². The van der Waals surface area contributed by atoms with Crippen LogP contribution in [-0.2, 0) is 4.74 Å². The highest BCUT2D eigenvalue weighted by molar-refractivity contribution is 6.05. The molecule has 1 saturated heterocycles. The van der Waals surface area contributed by atoms with Gasteiger partial charge in [0, 0.05) is 48.8 Å². The average molecular weight is 573 g/mol. The quantitative estimate of drug-likeness (QED) is 0.248. The molecule has 5 rings (SSSR count). The number of likely N-dealkylation sites (tertiary alicyclic amines) is 1. The van der Waals surface area contributed by atoms with E-state index in [2.05, 4.69) is 10.2 Å². The third-order valence-electron chi connectivity index (χ3n) is 7.63. The Morgan fingerprint density at radius 3 is 2.50 bits per heavy atom. The van der Waals surface area contributed by atoms with Crippen molar-refractivity contribution in [2.24, 2.45) is 0 Å². The molecule has 42 heavy (non-hydrogen) atoms. The number of methoxy groups -OCH3 is 3. The van der Waals surface area contributed by atoms with Crippen LogP contribution in [0.2, 0.25) is 0 Å². The van der Waals surface area contributed by atoms with Crippen molar-refractivity contribution in [1.82, 2.24) is 4.90 Å². The number of nitrogens with one attached hydrogen (secondary N) is 1. The monoisotopic (exact) mass is 572 g/mol. The molecule has 9 heteroatoms. The molecule has 1 aliphatic heterocycles. The summed E-state index contributed by atoms with van der Waals surface area (Å²) in [6.45, 7) is 5.43. The van der Waals surface area contributed by atoms with Crippen molar-refractivity contribution < 1.29 is 28.2 Å². The zero-order chi connectivity index (χ0) is 29.6. The molecule has 1 amide bonds. The first-order valence-electron chi connectivity index (χ1n) is 14.0. The maximum Gasteiger partial charge on any atom is 0.360 e. The van der Waals surface area contributed by atoms with Crippen molar-refractivity contribution in [3.8, 4) is 28.4 Å². The molecule has 9 nitrogen and oxygen atoms in total. The molecule has 1 aliphatic rings. The molecule has 1 N–H and O–H groups in total. The minimum Gasteiger partial charge on any atom is -0.497 e. The molecule has 3 aromatic carbocycles. The summed E-state index contributed by atoms with van der Waals surface area (Å²) in [5.41, 5.74) is 2.53. The Kier molecular flexibility index (Phi) is 9.09. The van der Waals surface area contributed by atoms with E-state index in [4.69, 9.17) is 23.4 Å². The Balaban J connectivity index is 1.33. The topological polar surface area (TPSA) is 99.5 Å². The Labute approximate surface area is 244 Å². The number of rotatable bonds is 10. The minimum absolute atomic E-state index is 0.0581. The normalized spacial score (nSPS) is 14.1. The molecule has 1 fully saturated rings. The van der Waals surface area contributed by atoms with Gasteiger partial charge in [0.2, 0.25) is 0 Å². The Hall–Kier alpha value is -4.34. The number of fused-ring (bicyclic) bond motifs is 1. The van der Waals surface area contributed by atoms with Crippen molar-refractivity contribution >= 4 is 22.6 Å². The SMILES string of the molecule is COCCN1CCC(Oc2ccc3cc(NC(=O)c4ccc(OC)c(-c5cccc(OC)c5)c4)c(=O)oc3c2C)CC1. The van der Waals surface area contributed by atoms with Crippen LogP contribution < -0.4 is 25.2 Å². The molecule has 2 heterocycles. The second kappa shape index (κ2) is 13.1. The lowest BCUT2D eigenvalue weighted by molar-refractivity contribution is 0.0794. The number of aryl methyl sites for hydroxylation is 1. The summed E-state index contributed by atoms with van der Waals surface area (Å²) in [6, 6.07) is 18.0. The van der Waals surface area contributed by atoms with Crippen LogP contribution in [0.15, 0.2) is 69.9 Å². The predicted octanol–water partition coefficient (Wildman–Crippen LogP) is 5.53. The maximum absolute atomic E-state index is 13.2. The van der Waals surface area contributed by atoms with Gasteiger partial charge < -0.3 is 33.6 Å². The standard InChI is InChI=1S/C33H36N2O7/c1-21-29(41-25-12-14-35(15-13-25)16-17-38-2)10-8-23-20-28(33(37)42-31(21)23)34-32(36)24-9-11-30(40-4)27(19-24)22-6-5-7-26(18-22)39-3/h5-11,18-20,25H,12-17H2,1-4H3,(H,34,36). The van der Waals surface area contributed by atoms with Gasteiger partial charge in [-0.05, 0) is 73.9 Å². The highest BCUT2D eigenvalue weighted by atomic mass is 16.5. The van der Waals surface area contributed by atoms with E-state index in [-0.39, 0.29) is 11.8 Å². The van der Waals surface area contributed by atoms with E-state index in [1.807, 2.05) is 43.3 Å². The average Bonchev–Trinajstić information content (AvgIpc) is 3.02. The third-order valence-corrected chi connectivity index (χ3v) is 7.63. The fourth-order valence-electron chi connectivity index (χ4n) is 5.23. The predicted molar refractivity (Wildman–Crippen MR) is 162 cm³/mol. The Bertz CT molecular complexity index is 1620. The van der Waals surface area contributed by atoms with Gasteiger partial charge in [-0.2, -0.15) is 0 Å². The number of carbonyl (C=O) groups is 1. The van der Waals surface area contributed by atoms with E-state index in [0.717, 1.165) is 55.8 Å². The zero-order valence-corrected chi connectivity index (χ0v) is 24.4. The van der Waals surface area contributed by atoms with Crippen molar-refractivity contribution in [2.45, 2.75) is 25.9 Å². The number of nitrogens with zero attached hydrogens (tertiary/aromatic N) is 1. The number of amides is 1. The number of ether oxygens (including phenoxy) is 4. The zero-order valence-electron chi connectivity index (χ0n) is 24.4. The van der Waals surface area contributed by atoms with Gasteiger partial charge in [0.25, 0.3) is 5.91 Å². The molecule has 1 aromatic heterocycles. The highest BCUT2D eigenvalue weighted by Crippen LogP contribution is 2.34. The third kappa shape index (κ3) is 6.42. The van der Waals surface area contributed by atoms with Crippen LogP contribution in [-0.4, -0.2) is 64.5 Å². The van der Waals surface area contributed by atoms with Crippen molar-refractivity contribution in [3.05, 3.63) is 82.2 Å². The van der Waals surface area contributed by atoms with Gasteiger partial charge in [0.15, 0.2) is 0 Å². The summed E-state index contributed by atoms with van der Waals surface area (Å²) in [5.74, 6) is 1.54. The van der Waals surface area contributed by atoms with E-state index < -0.39 is 11.5 Å². The van der Waals surface area contributed by atoms with E-state index in [1.165, 1.54) is 0 Å². The maximum atomic E-state index is 13.2. The number of hydrogen-bond acceptors (Lipinski definition) is 8. The second-order valence-electron chi connectivity index (χ2n) is 10.3. The molecular formula is C33H36N2O7. The fourth-order valence-corrected chi connectivity index (χ4v) is 5.23. The first-order chi connectivity index (χ1) is 20.4. The van der Waals surface area contributed by atoms with Crippen LogP contribution in [0.1, 0.15) is 28.8 Å². The van der Waals surface area contributed by atoms with E-state index in [9.17, 15) is 9.59 Å². The lowest BCUT2D eigenvalue weighted by Crippen LogP contribution is -2.39. The van der Waals surface area contributed by atoms with Crippen molar-refractivity contribution in [1.29, 1.82) is 0 Å². The first kappa shape index (κ1) is 29.2. The summed E-state index contributed by atoms with van der Waals surface area (Å²) < 4.78 is 28.1. The summed E-state index contributed by atoms with van der Waals surface area (Å²) in [5, 5.41) is 3.41. The fraction of sp³-hybridized carbons (Fsp3) is 0.333. The number of benzene rings is 3. The molecule has 0 saturated carbocycles. The summed E-state index contributed by atoms with van der Waals surface area (Å²) >= 11 is 0. The van der Waals surface area contributed by atoms with Gasteiger partial charge in [-0.15, -0.1) is 0 Å². The molecule has 0 unspecified atom stereocenters.